The van der Waals surface area contributed by atoms with Crippen LogP contribution in [0.4, 0.5) is 21.0 Å². The number of nitrogens with two attached hydrogens (primary N) is 1. The maximum atomic E-state index is 13.7. The Hall–Kier alpha value is -5.46. The quantitative estimate of drug-likeness (QED) is 0.0818. The number of esters is 1. The third-order valence-corrected chi connectivity index (χ3v) is 7.64. The zero-order valence-electron chi connectivity index (χ0n) is 27.5. The van der Waals surface area contributed by atoms with Crippen LogP contribution in [0.15, 0.2) is 66.7 Å². The smallest absolute Gasteiger partial charge is 0.443 e. The lowest BCUT2D eigenvalue weighted by atomic mass is 9.98. The highest BCUT2D eigenvalue weighted by Gasteiger charge is 2.30. The first-order chi connectivity index (χ1) is 23.0. The minimum Gasteiger partial charge on any atom is -0.443 e. The molecule has 4 aromatic rings. The number of anilines is 2. The molecule has 0 radical (unpaired) electrons. The van der Waals surface area contributed by atoms with Crippen LogP contribution in [0.25, 0.3) is 22.5 Å². The van der Waals surface area contributed by atoms with Crippen LogP contribution >= 0.6 is 0 Å². The number of benzene rings is 3. The summed E-state index contributed by atoms with van der Waals surface area (Å²) in [5.41, 5.74) is 9.11. The lowest BCUT2D eigenvalue weighted by Gasteiger charge is -2.29. The van der Waals surface area contributed by atoms with E-state index in [4.69, 9.17) is 24.7 Å². The van der Waals surface area contributed by atoms with E-state index in [1.54, 1.807) is 32.9 Å². The Morgan fingerprint density at radius 1 is 0.938 bits per heavy atom. The van der Waals surface area contributed by atoms with Gasteiger partial charge < -0.3 is 24.7 Å². The molecular weight excluding hydrogens is 616 g/mol. The summed E-state index contributed by atoms with van der Waals surface area (Å²) < 4.78 is 21.8. The van der Waals surface area contributed by atoms with Crippen molar-refractivity contribution in [3.8, 4) is 22.5 Å². The van der Waals surface area contributed by atoms with E-state index in [1.807, 2.05) is 48.5 Å². The van der Waals surface area contributed by atoms with Crippen LogP contribution in [0.2, 0.25) is 0 Å². The molecule has 1 saturated carbocycles. The molecule has 252 valence electrons. The topological polar surface area (TPSA) is 172 Å². The van der Waals surface area contributed by atoms with Gasteiger partial charge in [0.1, 0.15) is 11.7 Å². The molecule has 1 unspecified atom stereocenters. The summed E-state index contributed by atoms with van der Waals surface area (Å²) >= 11 is 0. The van der Waals surface area contributed by atoms with E-state index in [0.29, 0.717) is 5.82 Å². The number of para-hydroxylation sites is 1. The number of aromatic amines is 1. The normalized spacial score (nSPS) is 14.1. The van der Waals surface area contributed by atoms with Crippen LogP contribution in [0.1, 0.15) is 75.7 Å². The van der Waals surface area contributed by atoms with Crippen molar-refractivity contribution in [2.75, 3.05) is 10.6 Å². The summed E-state index contributed by atoms with van der Waals surface area (Å²) in [6.07, 6.45) is 1.50. The molecule has 1 aliphatic rings. The average molecular weight is 657 g/mol. The molecule has 48 heavy (non-hydrogen) atoms. The molecule has 1 atom stereocenters. The molecule has 0 bridgehead atoms. The van der Waals surface area contributed by atoms with E-state index in [-0.39, 0.29) is 29.6 Å². The summed E-state index contributed by atoms with van der Waals surface area (Å²) in [5.74, 6) is -0.386. The van der Waals surface area contributed by atoms with E-state index in [1.165, 1.54) is 17.9 Å². The van der Waals surface area contributed by atoms with Gasteiger partial charge in [-0.05, 0) is 80.5 Å². The largest absolute Gasteiger partial charge is 0.511 e. The lowest BCUT2D eigenvalue weighted by Crippen LogP contribution is -2.38. The Bertz CT molecular complexity index is 1710. The first-order valence-electron chi connectivity index (χ1n) is 15.9. The summed E-state index contributed by atoms with van der Waals surface area (Å²) in [6.45, 7) is 6.65. The third kappa shape index (κ3) is 8.66. The van der Waals surface area contributed by atoms with Gasteiger partial charge in [0.15, 0.2) is 0 Å². The second-order valence-corrected chi connectivity index (χ2v) is 12.5. The van der Waals surface area contributed by atoms with Gasteiger partial charge in [-0.15, -0.1) is 10.2 Å². The number of carbonyl (C=O) groups excluding carboxylic acids is 3. The van der Waals surface area contributed by atoms with Crippen molar-refractivity contribution < 1.29 is 33.3 Å². The van der Waals surface area contributed by atoms with Crippen LogP contribution in [0, 0.1) is 0 Å². The van der Waals surface area contributed by atoms with Crippen molar-refractivity contribution in [2.45, 2.75) is 84.3 Å². The standard InChI is InChI=1S/C35H40N6O7/c1-22(46-34(44)47-25-11-6-5-7-12-25)45-32(42)28-15-10-16-29(36)30(28)41(33(43)48-35(2,3)4)21-23-17-19-24(20-18-23)26-13-8-9-14-27(26)31-37-39-40-38-31/h8-10,13-20,22,25H,5-7,11-12,21,36H2,1-4H3,(H,37,38,39,40). The Morgan fingerprint density at radius 2 is 1.65 bits per heavy atom. The van der Waals surface area contributed by atoms with E-state index in [9.17, 15) is 14.4 Å². The fraction of sp³-hybridized carbons (Fsp3) is 0.371. The average Bonchev–Trinajstić information content (AvgIpc) is 3.59. The number of H-pyrrole nitrogens is 1. The van der Waals surface area contributed by atoms with Crippen molar-refractivity contribution in [1.29, 1.82) is 0 Å². The van der Waals surface area contributed by atoms with E-state index in [2.05, 4.69) is 20.6 Å². The molecule has 1 amide bonds. The Labute approximate surface area is 278 Å². The van der Waals surface area contributed by atoms with Gasteiger partial charge in [-0.3, -0.25) is 4.90 Å². The molecule has 1 aliphatic carbocycles. The van der Waals surface area contributed by atoms with Gasteiger partial charge in [0.05, 0.1) is 23.5 Å². The molecule has 13 nitrogen and oxygen atoms in total. The zero-order valence-corrected chi connectivity index (χ0v) is 27.5. The first-order valence-corrected chi connectivity index (χ1v) is 15.9. The highest BCUT2D eigenvalue weighted by atomic mass is 16.8. The summed E-state index contributed by atoms with van der Waals surface area (Å²) in [4.78, 5) is 40.8. The molecule has 3 aromatic carbocycles. The monoisotopic (exact) mass is 656 g/mol. The molecule has 0 saturated heterocycles. The number of nitrogens with zero attached hydrogens (tertiary/aromatic N) is 4. The van der Waals surface area contributed by atoms with Crippen molar-refractivity contribution in [2.24, 2.45) is 0 Å². The van der Waals surface area contributed by atoms with E-state index in [0.717, 1.165) is 54.4 Å². The number of hydrogen-bond donors (Lipinski definition) is 2. The van der Waals surface area contributed by atoms with Crippen LogP contribution in [-0.2, 0) is 25.5 Å². The van der Waals surface area contributed by atoms with Crippen LogP contribution < -0.4 is 10.6 Å². The number of aromatic nitrogens is 4. The Morgan fingerprint density at radius 3 is 2.31 bits per heavy atom. The van der Waals surface area contributed by atoms with Gasteiger partial charge in [0.25, 0.3) is 0 Å². The number of tetrazole rings is 1. The number of amides is 1. The Kier molecular flexibility index (Phi) is 10.6. The molecule has 1 aromatic heterocycles. The molecule has 5 rings (SSSR count). The fourth-order valence-corrected chi connectivity index (χ4v) is 5.48. The molecule has 13 heteroatoms. The SMILES string of the molecule is CC(OC(=O)OC1CCCCC1)OC(=O)c1cccc(N)c1N(Cc1ccc(-c2ccccc2-c2nn[nH]n2)cc1)C(=O)OC(C)(C)C. The fourth-order valence-electron chi connectivity index (χ4n) is 5.48. The van der Waals surface area contributed by atoms with Crippen molar-refractivity contribution in [1.82, 2.24) is 20.6 Å². The molecule has 3 N–H and O–H groups in total. The molecule has 0 aliphatic heterocycles. The van der Waals surface area contributed by atoms with Gasteiger partial charge in [0, 0.05) is 12.5 Å². The van der Waals surface area contributed by atoms with Gasteiger partial charge >= 0.3 is 18.2 Å². The highest BCUT2D eigenvalue weighted by molar-refractivity contribution is 6.04. The number of ether oxygens (including phenoxy) is 4. The van der Waals surface area contributed by atoms with Crippen molar-refractivity contribution in [3.05, 3.63) is 77.9 Å². The van der Waals surface area contributed by atoms with Crippen LogP contribution in [0.3, 0.4) is 0 Å². The second kappa shape index (κ2) is 15.0. The predicted molar refractivity (Wildman–Crippen MR) is 178 cm³/mol. The van der Waals surface area contributed by atoms with Gasteiger partial charge in [0.2, 0.25) is 12.1 Å². The zero-order chi connectivity index (χ0) is 34.3. The van der Waals surface area contributed by atoms with Gasteiger partial charge in [-0.1, -0.05) is 61.0 Å². The second-order valence-electron chi connectivity index (χ2n) is 12.5. The maximum Gasteiger partial charge on any atom is 0.511 e. The number of rotatable bonds is 9. The Balaban J connectivity index is 1.38. The van der Waals surface area contributed by atoms with Gasteiger partial charge in [-0.2, -0.15) is 5.21 Å². The van der Waals surface area contributed by atoms with Crippen LogP contribution in [-0.4, -0.2) is 56.8 Å². The van der Waals surface area contributed by atoms with Crippen molar-refractivity contribution in [3.63, 3.8) is 0 Å². The number of carbonyl (C=O) groups is 3. The predicted octanol–water partition coefficient (Wildman–Crippen LogP) is 7.05. The number of nitrogen functional groups attached to an aromatic ring is 1. The summed E-state index contributed by atoms with van der Waals surface area (Å²) in [5, 5.41) is 14.4. The molecule has 0 spiro atoms. The summed E-state index contributed by atoms with van der Waals surface area (Å²) in [6, 6.07) is 19.9. The summed E-state index contributed by atoms with van der Waals surface area (Å²) in [7, 11) is 0. The molecular formula is C35H40N6O7. The minimum atomic E-state index is -1.26. The first kappa shape index (κ1) is 33.9. The lowest BCUT2D eigenvalue weighted by molar-refractivity contribution is -0.0914. The van der Waals surface area contributed by atoms with Crippen molar-refractivity contribution >= 4 is 29.6 Å². The van der Waals surface area contributed by atoms with E-state index < -0.39 is 30.1 Å². The van der Waals surface area contributed by atoms with Gasteiger partial charge in [-0.25, -0.2) is 14.4 Å². The molecule has 1 fully saturated rings. The number of nitrogens with one attached hydrogen (secondary N) is 1. The molecule has 1 heterocycles. The number of hydrogen-bond acceptors (Lipinski definition) is 11. The van der Waals surface area contributed by atoms with Crippen LogP contribution in [0.5, 0.6) is 0 Å². The van der Waals surface area contributed by atoms with E-state index >= 15 is 0 Å². The highest BCUT2D eigenvalue weighted by Crippen LogP contribution is 2.34. The third-order valence-electron chi connectivity index (χ3n) is 7.64. The minimum absolute atomic E-state index is 0.00986. The maximum absolute atomic E-state index is 13.7.